The lowest BCUT2D eigenvalue weighted by Gasteiger charge is -2.03. The summed E-state index contributed by atoms with van der Waals surface area (Å²) in [6, 6.07) is 10.3. The lowest BCUT2D eigenvalue weighted by molar-refractivity contribution is -0.387. The zero-order chi connectivity index (χ0) is 20.1. The SMILES string of the molecule is CNC(=O)c1ccc(Sc2nnc(NCc3ccc(F)cc3)s2)c([N+](=O)[O-])c1. The van der Waals surface area contributed by atoms with Gasteiger partial charge in [0.2, 0.25) is 5.13 Å². The van der Waals surface area contributed by atoms with Gasteiger partial charge in [0.25, 0.3) is 11.6 Å². The van der Waals surface area contributed by atoms with Crippen molar-refractivity contribution in [1.82, 2.24) is 15.5 Å². The van der Waals surface area contributed by atoms with Crippen LogP contribution in [0.4, 0.5) is 15.2 Å². The van der Waals surface area contributed by atoms with Crippen LogP contribution in [0, 0.1) is 15.9 Å². The maximum Gasteiger partial charge on any atom is 0.284 e. The Bertz CT molecular complexity index is 1010. The molecule has 0 atom stereocenters. The molecule has 1 aromatic heterocycles. The van der Waals surface area contributed by atoms with Crippen LogP contribution in [0.2, 0.25) is 0 Å². The average Bonchev–Trinajstić information content (AvgIpc) is 3.14. The van der Waals surface area contributed by atoms with Crippen molar-refractivity contribution >= 4 is 39.8 Å². The van der Waals surface area contributed by atoms with E-state index in [2.05, 4.69) is 20.8 Å². The third-order valence-electron chi connectivity index (χ3n) is 3.61. The zero-order valence-corrected chi connectivity index (χ0v) is 16.1. The molecule has 11 heteroatoms. The van der Waals surface area contributed by atoms with Gasteiger partial charge >= 0.3 is 0 Å². The number of hydrogen-bond acceptors (Lipinski definition) is 8. The standard InChI is InChI=1S/C17H14FN5O3S2/c1-19-15(24)11-4-7-14(13(8-11)23(25)26)27-17-22-21-16(28-17)20-9-10-2-5-12(18)6-3-10/h2-8H,9H2,1H3,(H,19,24)(H,20,21). The van der Waals surface area contributed by atoms with Crippen molar-refractivity contribution in [2.75, 3.05) is 12.4 Å². The summed E-state index contributed by atoms with van der Waals surface area (Å²) in [4.78, 5) is 22.9. The van der Waals surface area contributed by atoms with E-state index < -0.39 is 10.8 Å². The second-order valence-electron chi connectivity index (χ2n) is 5.47. The molecule has 0 bridgehead atoms. The van der Waals surface area contributed by atoms with E-state index in [4.69, 9.17) is 0 Å². The summed E-state index contributed by atoms with van der Waals surface area (Å²) in [6.45, 7) is 0.445. The lowest BCUT2D eigenvalue weighted by Crippen LogP contribution is -2.17. The summed E-state index contributed by atoms with van der Waals surface area (Å²) >= 11 is 2.34. The minimum Gasteiger partial charge on any atom is -0.356 e. The van der Waals surface area contributed by atoms with Crippen LogP contribution in [0.3, 0.4) is 0 Å². The maximum absolute atomic E-state index is 12.9. The maximum atomic E-state index is 12.9. The van der Waals surface area contributed by atoms with Crippen LogP contribution in [0.15, 0.2) is 51.7 Å². The smallest absolute Gasteiger partial charge is 0.284 e. The number of nitro benzene ring substituents is 1. The van der Waals surface area contributed by atoms with Gasteiger partial charge in [-0.2, -0.15) is 0 Å². The molecule has 0 saturated carbocycles. The minimum absolute atomic E-state index is 0.179. The first-order valence-corrected chi connectivity index (χ1v) is 9.60. The molecule has 28 heavy (non-hydrogen) atoms. The normalized spacial score (nSPS) is 10.5. The number of aromatic nitrogens is 2. The first kappa shape index (κ1) is 19.7. The van der Waals surface area contributed by atoms with E-state index in [1.807, 2.05) is 0 Å². The van der Waals surface area contributed by atoms with Crippen LogP contribution >= 0.6 is 23.1 Å². The van der Waals surface area contributed by atoms with Crippen LogP contribution in [-0.4, -0.2) is 28.1 Å². The van der Waals surface area contributed by atoms with Gasteiger partial charge in [-0.3, -0.25) is 14.9 Å². The quantitative estimate of drug-likeness (QED) is 0.444. The van der Waals surface area contributed by atoms with Crippen LogP contribution < -0.4 is 10.6 Å². The highest BCUT2D eigenvalue weighted by molar-refractivity contribution is 8.01. The van der Waals surface area contributed by atoms with Crippen LogP contribution in [-0.2, 0) is 6.54 Å². The number of anilines is 1. The molecule has 0 saturated heterocycles. The van der Waals surface area contributed by atoms with Gasteiger partial charge in [0.1, 0.15) is 5.82 Å². The van der Waals surface area contributed by atoms with Gasteiger partial charge < -0.3 is 10.6 Å². The highest BCUT2D eigenvalue weighted by atomic mass is 32.2. The van der Waals surface area contributed by atoms with Crippen LogP contribution in [0.1, 0.15) is 15.9 Å². The van der Waals surface area contributed by atoms with Gasteiger partial charge in [-0.15, -0.1) is 10.2 Å². The Labute approximate surface area is 167 Å². The van der Waals surface area contributed by atoms with E-state index in [0.717, 1.165) is 17.3 Å². The Morgan fingerprint density at radius 2 is 2.00 bits per heavy atom. The molecule has 0 aliphatic carbocycles. The highest BCUT2D eigenvalue weighted by Gasteiger charge is 2.19. The van der Waals surface area contributed by atoms with Crippen molar-refractivity contribution in [3.8, 4) is 0 Å². The molecule has 1 heterocycles. The second-order valence-corrected chi connectivity index (χ2v) is 7.74. The highest BCUT2D eigenvalue weighted by Crippen LogP contribution is 2.37. The predicted molar refractivity (Wildman–Crippen MR) is 104 cm³/mol. The van der Waals surface area contributed by atoms with Crippen molar-refractivity contribution in [2.24, 2.45) is 0 Å². The van der Waals surface area contributed by atoms with Gasteiger partial charge in [0, 0.05) is 25.2 Å². The summed E-state index contributed by atoms with van der Waals surface area (Å²) in [5.74, 6) is -0.703. The number of rotatable bonds is 7. The molecule has 3 rings (SSSR count). The van der Waals surface area contributed by atoms with Crippen molar-refractivity contribution in [1.29, 1.82) is 0 Å². The van der Waals surface area contributed by atoms with Crippen LogP contribution in [0.5, 0.6) is 0 Å². The van der Waals surface area contributed by atoms with Gasteiger partial charge in [-0.25, -0.2) is 4.39 Å². The summed E-state index contributed by atoms with van der Waals surface area (Å²) in [7, 11) is 1.46. The Kier molecular flexibility index (Phi) is 6.16. The number of nitro groups is 1. The third-order valence-corrected chi connectivity index (χ3v) is 5.60. The van der Waals surface area contributed by atoms with Gasteiger partial charge in [0.05, 0.1) is 9.82 Å². The number of halogens is 1. The molecule has 0 unspecified atom stereocenters. The zero-order valence-electron chi connectivity index (χ0n) is 14.5. The predicted octanol–water partition coefficient (Wildman–Crippen LogP) is 3.71. The summed E-state index contributed by atoms with van der Waals surface area (Å²) < 4.78 is 13.4. The Morgan fingerprint density at radius 3 is 2.68 bits per heavy atom. The Hall–Kier alpha value is -3.05. The van der Waals surface area contributed by atoms with E-state index in [9.17, 15) is 19.3 Å². The molecule has 3 aromatic rings. The average molecular weight is 419 g/mol. The number of nitrogens with one attached hydrogen (secondary N) is 2. The molecule has 0 fully saturated rings. The molecule has 0 aliphatic rings. The van der Waals surface area contributed by atoms with Crippen LogP contribution in [0.25, 0.3) is 0 Å². The summed E-state index contributed by atoms with van der Waals surface area (Å²) in [5.41, 5.74) is 0.908. The molecule has 1 amide bonds. The molecular formula is C17H14FN5O3S2. The van der Waals surface area contributed by atoms with Gasteiger partial charge in [-0.1, -0.05) is 23.5 Å². The molecule has 2 aromatic carbocycles. The van der Waals surface area contributed by atoms with Crippen molar-refractivity contribution in [2.45, 2.75) is 15.8 Å². The van der Waals surface area contributed by atoms with Crippen molar-refractivity contribution in [3.63, 3.8) is 0 Å². The molecule has 2 N–H and O–H groups in total. The molecule has 0 spiro atoms. The second kappa shape index (κ2) is 8.76. The first-order chi connectivity index (χ1) is 13.5. The van der Waals surface area contributed by atoms with E-state index in [1.54, 1.807) is 12.1 Å². The molecule has 0 aliphatic heterocycles. The van der Waals surface area contributed by atoms with E-state index in [1.165, 1.54) is 48.7 Å². The lowest BCUT2D eigenvalue weighted by atomic mass is 10.2. The monoisotopic (exact) mass is 419 g/mol. The number of carbonyl (C=O) groups is 1. The molecule has 8 nitrogen and oxygen atoms in total. The number of amides is 1. The number of nitrogens with zero attached hydrogens (tertiary/aromatic N) is 3. The topological polar surface area (TPSA) is 110 Å². The fraction of sp³-hybridized carbons (Fsp3) is 0.118. The fourth-order valence-corrected chi connectivity index (χ4v) is 4.02. The third kappa shape index (κ3) is 4.81. The van der Waals surface area contributed by atoms with Crippen molar-refractivity contribution < 1.29 is 14.1 Å². The molecule has 144 valence electrons. The minimum atomic E-state index is -0.538. The molecule has 0 radical (unpaired) electrons. The summed E-state index contributed by atoms with van der Waals surface area (Å²) in [6.07, 6.45) is 0. The molecular weight excluding hydrogens is 405 g/mol. The van der Waals surface area contributed by atoms with Crippen molar-refractivity contribution in [3.05, 3.63) is 69.5 Å². The number of carbonyl (C=O) groups excluding carboxylic acids is 1. The Morgan fingerprint density at radius 1 is 1.25 bits per heavy atom. The van der Waals surface area contributed by atoms with E-state index >= 15 is 0 Å². The fourth-order valence-electron chi connectivity index (χ4n) is 2.23. The summed E-state index contributed by atoms with van der Waals surface area (Å²) in [5, 5.41) is 25.4. The largest absolute Gasteiger partial charge is 0.356 e. The van der Waals surface area contributed by atoms with E-state index in [-0.39, 0.29) is 17.1 Å². The number of benzene rings is 2. The first-order valence-electron chi connectivity index (χ1n) is 7.96. The van der Waals surface area contributed by atoms with Gasteiger partial charge in [-0.05, 0) is 41.6 Å². The van der Waals surface area contributed by atoms with Gasteiger partial charge in [0.15, 0.2) is 4.34 Å². The van der Waals surface area contributed by atoms with E-state index in [0.29, 0.717) is 20.9 Å². The number of hydrogen-bond donors (Lipinski definition) is 2. The Balaban J connectivity index is 1.71.